The maximum Gasteiger partial charge on any atom is 0.434 e. The van der Waals surface area contributed by atoms with Crippen molar-refractivity contribution in [3.05, 3.63) is 12.2 Å². The lowest BCUT2D eigenvalue weighted by atomic mass is 9.70. The topological polar surface area (TPSA) is 48.0 Å². The second kappa shape index (κ2) is 6.23. The van der Waals surface area contributed by atoms with E-state index in [1.165, 1.54) is 5.06 Å². The van der Waals surface area contributed by atoms with Gasteiger partial charge in [-0.1, -0.05) is 32.9 Å². The molecular weight excluding hydrogens is 330 g/mol. The van der Waals surface area contributed by atoms with Crippen LogP contribution in [0.4, 0.5) is 4.79 Å². The van der Waals surface area contributed by atoms with Gasteiger partial charge in [-0.15, -0.1) is 0 Å². The molecule has 0 saturated heterocycles. The third-order valence-electron chi connectivity index (χ3n) is 6.90. The third-order valence-corrected chi connectivity index (χ3v) is 6.90. The fourth-order valence-corrected chi connectivity index (χ4v) is 5.02. The highest BCUT2D eigenvalue weighted by Gasteiger charge is 2.69. The molecule has 1 heterocycles. The Kier molecular flexibility index (Phi) is 4.72. The molecule has 0 N–H and O–H groups in total. The van der Waals surface area contributed by atoms with E-state index in [2.05, 4.69) is 41.5 Å². The molecule has 3 aliphatic rings. The normalized spacial score (nSPS) is 41.5. The van der Waals surface area contributed by atoms with E-state index in [4.69, 9.17) is 14.3 Å². The van der Waals surface area contributed by atoms with Crippen molar-refractivity contribution in [2.45, 2.75) is 98.2 Å². The highest BCUT2D eigenvalue weighted by Crippen LogP contribution is 2.67. The van der Waals surface area contributed by atoms with Gasteiger partial charge in [-0.2, -0.15) is 5.06 Å². The summed E-state index contributed by atoms with van der Waals surface area (Å²) in [4.78, 5) is 18.6. The molecule has 0 radical (unpaired) electrons. The van der Waals surface area contributed by atoms with Crippen molar-refractivity contribution >= 4 is 6.09 Å². The van der Waals surface area contributed by atoms with Crippen LogP contribution in [-0.2, 0) is 14.3 Å². The molecule has 2 aliphatic carbocycles. The molecule has 1 amide bonds. The number of fused-ring (bicyclic) bond motifs is 2. The Morgan fingerprint density at radius 1 is 1.19 bits per heavy atom. The second-order valence-electron chi connectivity index (χ2n) is 10.0. The van der Waals surface area contributed by atoms with Crippen LogP contribution in [-0.4, -0.2) is 41.1 Å². The number of hydrogen-bond acceptors (Lipinski definition) is 4. The van der Waals surface area contributed by atoms with E-state index in [9.17, 15) is 4.79 Å². The smallest absolute Gasteiger partial charge is 0.434 e. The average molecular weight is 366 g/mol. The molecule has 2 bridgehead atoms. The van der Waals surface area contributed by atoms with Crippen LogP contribution >= 0.6 is 0 Å². The van der Waals surface area contributed by atoms with Gasteiger partial charge in [0.25, 0.3) is 0 Å². The summed E-state index contributed by atoms with van der Waals surface area (Å²) >= 11 is 0. The van der Waals surface area contributed by atoms with Crippen LogP contribution in [0.2, 0.25) is 0 Å². The first kappa shape index (κ1) is 19.7. The minimum Gasteiger partial charge on any atom is -0.441 e. The summed E-state index contributed by atoms with van der Waals surface area (Å²) in [5, 5.41) is 1.36. The molecule has 0 spiro atoms. The lowest BCUT2D eigenvalue weighted by Crippen LogP contribution is -2.50. The number of carbonyl (C=O) groups is 1. The Balaban J connectivity index is 1.83. The average Bonchev–Trinajstić information content (AvgIpc) is 2.82. The first-order valence-corrected chi connectivity index (χ1v) is 9.89. The second-order valence-corrected chi connectivity index (χ2v) is 10.0. The van der Waals surface area contributed by atoms with Crippen molar-refractivity contribution in [2.75, 3.05) is 0 Å². The predicted molar refractivity (Wildman–Crippen MR) is 100 cm³/mol. The zero-order valence-electron chi connectivity index (χ0n) is 17.5. The number of hydroxylamine groups is 2. The number of ether oxygens (including phenoxy) is 2. The maximum atomic E-state index is 12.9. The monoisotopic (exact) mass is 365 g/mol. The molecule has 148 valence electrons. The van der Waals surface area contributed by atoms with Gasteiger partial charge in [-0.25, -0.2) is 4.79 Å². The number of nitrogens with zero attached hydrogens (tertiary/aromatic N) is 1. The molecule has 6 atom stereocenters. The fraction of sp³-hybridized carbons (Fsp3) is 0.857. The Morgan fingerprint density at radius 3 is 2.46 bits per heavy atom. The van der Waals surface area contributed by atoms with E-state index in [0.29, 0.717) is 5.92 Å². The predicted octanol–water partition coefficient (Wildman–Crippen LogP) is 4.71. The van der Waals surface area contributed by atoms with Gasteiger partial charge in [0.1, 0.15) is 18.3 Å². The number of hydrogen-bond donors (Lipinski definition) is 0. The summed E-state index contributed by atoms with van der Waals surface area (Å²) < 4.78 is 12.5. The fourth-order valence-electron chi connectivity index (χ4n) is 5.02. The Labute approximate surface area is 158 Å². The van der Waals surface area contributed by atoms with E-state index in [1.807, 2.05) is 26.0 Å². The molecule has 3 rings (SSSR count). The van der Waals surface area contributed by atoms with Gasteiger partial charge in [0, 0.05) is 11.3 Å². The lowest BCUT2D eigenvalue weighted by Gasteiger charge is -2.42. The molecule has 0 aromatic carbocycles. The van der Waals surface area contributed by atoms with Gasteiger partial charge in [0.2, 0.25) is 0 Å². The molecule has 2 fully saturated rings. The molecule has 0 aromatic heterocycles. The van der Waals surface area contributed by atoms with Crippen molar-refractivity contribution in [1.29, 1.82) is 0 Å². The molecular formula is C21H35NO4. The largest absolute Gasteiger partial charge is 0.441 e. The number of amides is 1. The van der Waals surface area contributed by atoms with Gasteiger partial charge >= 0.3 is 6.09 Å². The molecule has 2 saturated carbocycles. The van der Waals surface area contributed by atoms with Crippen molar-refractivity contribution in [3.8, 4) is 0 Å². The zero-order valence-corrected chi connectivity index (χ0v) is 17.5. The highest BCUT2D eigenvalue weighted by atomic mass is 16.7. The zero-order chi connectivity index (χ0) is 19.5. The van der Waals surface area contributed by atoms with Crippen molar-refractivity contribution in [2.24, 2.45) is 16.7 Å². The molecule has 0 unspecified atom stereocenters. The first-order valence-electron chi connectivity index (χ1n) is 9.89. The van der Waals surface area contributed by atoms with Crippen LogP contribution in [0.5, 0.6) is 0 Å². The van der Waals surface area contributed by atoms with Crippen LogP contribution < -0.4 is 0 Å². The minimum atomic E-state index is -0.409. The van der Waals surface area contributed by atoms with Gasteiger partial charge in [-0.3, -0.25) is 4.84 Å². The number of carbonyl (C=O) groups excluding carboxylic acids is 1. The van der Waals surface area contributed by atoms with Gasteiger partial charge in [0.15, 0.2) is 0 Å². The van der Waals surface area contributed by atoms with Gasteiger partial charge < -0.3 is 9.47 Å². The number of rotatable bonds is 2. The molecule has 26 heavy (non-hydrogen) atoms. The van der Waals surface area contributed by atoms with E-state index in [0.717, 1.165) is 12.8 Å². The van der Waals surface area contributed by atoms with E-state index in [1.54, 1.807) is 0 Å². The van der Waals surface area contributed by atoms with Gasteiger partial charge in [-0.05, 0) is 52.9 Å². The van der Waals surface area contributed by atoms with Crippen molar-refractivity contribution < 1.29 is 19.1 Å². The van der Waals surface area contributed by atoms with Crippen LogP contribution in [0.15, 0.2) is 12.2 Å². The third kappa shape index (κ3) is 3.07. The molecule has 1 aliphatic heterocycles. The standard InChI is InChI=1S/C21H35NO4/c1-13-9-10-14(2)26-22(13)18(23)24-16-15-11-12-21(8,20(15,6)7)17(16)25-19(3,4)5/h9-10,13-17H,11-12H2,1-8H3/t13-,14+,15+,16+,17+,21-/m0/s1. The summed E-state index contributed by atoms with van der Waals surface area (Å²) in [6.45, 7) is 16.9. The lowest BCUT2D eigenvalue weighted by molar-refractivity contribution is -0.197. The first-order chi connectivity index (χ1) is 11.9. The van der Waals surface area contributed by atoms with Crippen LogP contribution in [0.1, 0.15) is 68.2 Å². The molecule has 5 nitrogen and oxygen atoms in total. The molecule has 0 aromatic rings. The van der Waals surface area contributed by atoms with E-state index in [-0.39, 0.29) is 40.8 Å². The van der Waals surface area contributed by atoms with E-state index < -0.39 is 6.09 Å². The summed E-state index contributed by atoms with van der Waals surface area (Å²) in [7, 11) is 0. The van der Waals surface area contributed by atoms with Crippen molar-refractivity contribution in [3.63, 3.8) is 0 Å². The van der Waals surface area contributed by atoms with E-state index >= 15 is 0 Å². The van der Waals surface area contributed by atoms with Crippen LogP contribution in [0.3, 0.4) is 0 Å². The Bertz CT molecular complexity index is 593. The van der Waals surface area contributed by atoms with Crippen molar-refractivity contribution in [1.82, 2.24) is 5.06 Å². The Morgan fingerprint density at radius 2 is 1.85 bits per heavy atom. The summed E-state index contributed by atoms with van der Waals surface area (Å²) in [5.74, 6) is 0.303. The summed E-state index contributed by atoms with van der Waals surface area (Å²) in [6, 6.07) is -0.136. The van der Waals surface area contributed by atoms with Crippen LogP contribution in [0.25, 0.3) is 0 Å². The molecule has 5 heteroatoms. The Hall–Kier alpha value is -1.07. The minimum absolute atomic E-state index is 0.00252. The highest BCUT2D eigenvalue weighted by molar-refractivity contribution is 5.67. The summed E-state index contributed by atoms with van der Waals surface area (Å²) in [5.41, 5.74) is -0.224. The SMILES string of the molecule is C[C@@H]1C=C[C@H](C)N(C(=O)O[C@@H]2[C@H]3CC[C@@](C)([C@@H]2OC(C)(C)C)C3(C)C)O1. The quantitative estimate of drug-likeness (QED) is 0.665. The van der Waals surface area contributed by atoms with Gasteiger partial charge in [0.05, 0.1) is 11.6 Å². The van der Waals surface area contributed by atoms with Crippen LogP contribution in [0, 0.1) is 16.7 Å². The summed E-state index contributed by atoms with van der Waals surface area (Å²) in [6.07, 6.45) is 5.23. The maximum absolute atomic E-state index is 12.9.